The van der Waals surface area contributed by atoms with Crippen molar-refractivity contribution in [2.45, 2.75) is 122 Å². The van der Waals surface area contributed by atoms with Crippen molar-refractivity contribution in [3.63, 3.8) is 0 Å². The molecule has 3 aliphatic rings. The molecule has 0 bridgehead atoms. The average molecular weight is 614 g/mol. The number of likely N-dealkylation sites (tertiary alicyclic amines) is 1. The fourth-order valence-corrected chi connectivity index (χ4v) is 7.38. The van der Waals surface area contributed by atoms with E-state index >= 15 is 0 Å². The standard InChI is InChI=1S/C33H60FN3O6/c1-22-18-33(6,40-10)30(43-28-17-27(35(7)8)16-23(2)42-28)24(3)29(38)32(4,5)31(39)41-21-26(36(9)19-22)12-11-14-37-15-13-25(34)20-37/h22-28,30H,11-21H2,1-10H3/t22-,23-,24+,25+,26+,27+,28+,30-,33-/m1/s1. The predicted molar refractivity (Wildman–Crippen MR) is 166 cm³/mol. The number of alkyl halides is 1. The van der Waals surface area contributed by atoms with E-state index in [0.29, 0.717) is 31.8 Å². The second-order valence-electron chi connectivity index (χ2n) is 14.6. The third kappa shape index (κ3) is 9.42. The molecule has 3 rings (SSSR count). The lowest BCUT2D eigenvalue weighted by atomic mass is 9.74. The molecule has 3 saturated heterocycles. The molecule has 0 amide bonds. The van der Waals surface area contributed by atoms with E-state index < -0.39 is 41.5 Å². The first-order chi connectivity index (χ1) is 20.1. The SMILES string of the molecule is CO[C@]1(C)C[C@@H](C)CN(C)[C@@H](CCCN2CC[C@H](F)C2)COC(=O)C(C)(C)C(=O)[C@H](C)[C@H]1O[C@H]1C[C@@H](N(C)C)C[C@@H](C)O1. The van der Waals surface area contributed by atoms with E-state index in [1.807, 2.05) is 13.8 Å². The van der Waals surface area contributed by atoms with Crippen LogP contribution >= 0.6 is 0 Å². The summed E-state index contributed by atoms with van der Waals surface area (Å²) in [5, 5.41) is 0. The predicted octanol–water partition coefficient (Wildman–Crippen LogP) is 4.17. The van der Waals surface area contributed by atoms with Gasteiger partial charge in [0.05, 0.1) is 17.8 Å². The number of ketones is 1. The second-order valence-corrected chi connectivity index (χ2v) is 14.6. The van der Waals surface area contributed by atoms with E-state index in [1.54, 1.807) is 21.0 Å². The number of rotatable bonds is 8. The van der Waals surface area contributed by atoms with Crippen molar-refractivity contribution >= 4 is 11.8 Å². The van der Waals surface area contributed by atoms with Crippen LogP contribution in [0.25, 0.3) is 0 Å². The maximum absolute atomic E-state index is 14.1. The van der Waals surface area contributed by atoms with Crippen molar-refractivity contribution in [2.24, 2.45) is 17.3 Å². The Morgan fingerprint density at radius 3 is 2.40 bits per heavy atom. The summed E-state index contributed by atoms with van der Waals surface area (Å²) in [6.45, 7) is 14.5. The molecule has 0 aromatic carbocycles. The van der Waals surface area contributed by atoms with Gasteiger partial charge in [0.1, 0.15) is 18.2 Å². The smallest absolute Gasteiger partial charge is 0.319 e. The summed E-state index contributed by atoms with van der Waals surface area (Å²) in [6, 6.07) is 0.281. The highest BCUT2D eigenvalue weighted by Gasteiger charge is 2.50. The number of nitrogens with zero attached hydrogens (tertiary/aromatic N) is 3. The minimum atomic E-state index is -1.36. The van der Waals surface area contributed by atoms with Crippen LogP contribution in [0, 0.1) is 17.3 Å². The molecule has 0 N–H and O–H groups in total. The second kappa shape index (κ2) is 15.4. The Hall–Kier alpha value is -1.17. The number of likely N-dealkylation sites (N-methyl/N-ethyl adjacent to an activating group) is 1. The molecule has 9 atom stereocenters. The van der Waals surface area contributed by atoms with Crippen LogP contribution in [0.1, 0.15) is 80.1 Å². The molecule has 43 heavy (non-hydrogen) atoms. The lowest BCUT2D eigenvalue weighted by Gasteiger charge is -2.45. The number of methoxy groups -OCH3 is 1. The number of ether oxygens (including phenoxy) is 4. The van der Waals surface area contributed by atoms with Crippen molar-refractivity contribution < 1.29 is 32.9 Å². The van der Waals surface area contributed by atoms with Gasteiger partial charge in [0, 0.05) is 51.2 Å². The van der Waals surface area contributed by atoms with Crippen LogP contribution in [-0.4, -0.2) is 130 Å². The summed E-state index contributed by atoms with van der Waals surface area (Å²) in [5.41, 5.74) is -2.17. The molecule has 0 aliphatic carbocycles. The van der Waals surface area contributed by atoms with Crippen LogP contribution in [-0.2, 0) is 28.5 Å². The zero-order valence-corrected chi connectivity index (χ0v) is 28.6. The number of cyclic esters (lactones) is 1. The molecule has 3 heterocycles. The molecular weight excluding hydrogens is 553 g/mol. The normalized spacial score (nSPS) is 39.3. The van der Waals surface area contributed by atoms with Crippen LogP contribution in [0.3, 0.4) is 0 Å². The topological polar surface area (TPSA) is 80.8 Å². The van der Waals surface area contributed by atoms with Gasteiger partial charge in [0.15, 0.2) is 12.1 Å². The first-order valence-electron chi connectivity index (χ1n) is 16.4. The van der Waals surface area contributed by atoms with Crippen LogP contribution < -0.4 is 0 Å². The molecule has 250 valence electrons. The number of Topliss-reactive ketones (excluding diaryl/α,β-unsaturated/α-hetero) is 1. The fraction of sp³-hybridized carbons (Fsp3) is 0.939. The number of hydrogen-bond acceptors (Lipinski definition) is 9. The summed E-state index contributed by atoms with van der Waals surface area (Å²) < 4.78 is 38.8. The zero-order chi connectivity index (χ0) is 32.1. The van der Waals surface area contributed by atoms with E-state index in [1.165, 1.54) is 0 Å². The minimum Gasteiger partial charge on any atom is -0.463 e. The van der Waals surface area contributed by atoms with Gasteiger partial charge < -0.3 is 28.7 Å². The molecule has 0 unspecified atom stereocenters. The van der Waals surface area contributed by atoms with Crippen molar-refractivity contribution in [3.05, 3.63) is 0 Å². The molecule has 10 heteroatoms. The van der Waals surface area contributed by atoms with Crippen molar-refractivity contribution in [2.75, 3.05) is 61.0 Å². The molecule has 0 spiro atoms. The molecule has 9 nitrogen and oxygen atoms in total. The van der Waals surface area contributed by atoms with Gasteiger partial charge in [-0.3, -0.25) is 14.5 Å². The number of esters is 1. The highest BCUT2D eigenvalue weighted by atomic mass is 19.1. The van der Waals surface area contributed by atoms with E-state index in [9.17, 15) is 14.0 Å². The van der Waals surface area contributed by atoms with E-state index in [2.05, 4.69) is 49.7 Å². The summed E-state index contributed by atoms with van der Waals surface area (Å²) in [4.78, 5) is 34.2. The van der Waals surface area contributed by atoms with Gasteiger partial charge in [-0.15, -0.1) is 0 Å². The van der Waals surface area contributed by atoms with Gasteiger partial charge >= 0.3 is 5.97 Å². The van der Waals surface area contributed by atoms with Gasteiger partial charge in [0.2, 0.25) is 0 Å². The monoisotopic (exact) mass is 613 g/mol. The first-order valence-corrected chi connectivity index (χ1v) is 16.4. The van der Waals surface area contributed by atoms with Crippen molar-refractivity contribution in [1.29, 1.82) is 0 Å². The van der Waals surface area contributed by atoms with Gasteiger partial charge in [-0.25, -0.2) is 4.39 Å². The van der Waals surface area contributed by atoms with E-state index in [0.717, 1.165) is 38.9 Å². The molecule has 3 fully saturated rings. The highest BCUT2D eigenvalue weighted by molar-refractivity contribution is 6.04. The average Bonchev–Trinajstić information content (AvgIpc) is 3.35. The third-order valence-electron chi connectivity index (χ3n) is 10.2. The molecule has 0 saturated carbocycles. The Morgan fingerprint density at radius 2 is 1.79 bits per heavy atom. The van der Waals surface area contributed by atoms with Crippen LogP contribution in [0.15, 0.2) is 0 Å². The zero-order valence-electron chi connectivity index (χ0n) is 28.6. The highest BCUT2D eigenvalue weighted by Crippen LogP contribution is 2.38. The first kappa shape index (κ1) is 36.3. The Morgan fingerprint density at radius 1 is 1.09 bits per heavy atom. The van der Waals surface area contributed by atoms with Gasteiger partial charge in [-0.1, -0.05) is 13.8 Å². The Balaban J connectivity index is 1.85. The molecule has 0 radical (unpaired) electrons. The molecule has 0 aromatic rings. The molecule has 3 aliphatic heterocycles. The van der Waals surface area contributed by atoms with Gasteiger partial charge in [-0.05, 0) is 93.4 Å². The number of carbonyl (C=O) groups excluding carboxylic acids is 2. The van der Waals surface area contributed by atoms with Crippen molar-refractivity contribution in [1.82, 2.24) is 14.7 Å². The Bertz CT molecular complexity index is 921. The lowest BCUT2D eigenvalue weighted by molar-refractivity contribution is -0.263. The fourth-order valence-electron chi connectivity index (χ4n) is 7.38. The largest absolute Gasteiger partial charge is 0.463 e. The van der Waals surface area contributed by atoms with Gasteiger partial charge in [-0.2, -0.15) is 0 Å². The maximum Gasteiger partial charge on any atom is 0.319 e. The number of hydrogen-bond donors (Lipinski definition) is 0. The number of halogens is 1. The maximum atomic E-state index is 14.1. The summed E-state index contributed by atoms with van der Waals surface area (Å²) >= 11 is 0. The Labute approximate surface area is 260 Å². The quantitative estimate of drug-likeness (QED) is 0.296. The van der Waals surface area contributed by atoms with Crippen LogP contribution in [0.4, 0.5) is 4.39 Å². The number of carbonyl (C=O) groups is 2. The van der Waals surface area contributed by atoms with Gasteiger partial charge in [0.25, 0.3) is 0 Å². The van der Waals surface area contributed by atoms with E-state index in [-0.39, 0.29) is 30.5 Å². The van der Waals surface area contributed by atoms with Crippen LogP contribution in [0.5, 0.6) is 0 Å². The minimum absolute atomic E-state index is 0.0137. The van der Waals surface area contributed by atoms with E-state index in [4.69, 9.17) is 18.9 Å². The molecule has 0 aromatic heterocycles. The summed E-state index contributed by atoms with van der Waals surface area (Å²) in [5.74, 6) is -1.21. The van der Waals surface area contributed by atoms with Crippen LogP contribution in [0.2, 0.25) is 0 Å². The molecular formula is C33H60FN3O6. The third-order valence-corrected chi connectivity index (χ3v) is 10.2. The lowest BCUT2D eigenvalue weighted by Crippen LogP contribution is -2.55. The summed E-state index contributed by atoms with van der Waals surface area (Å²) in [7, 11) is 7.88. The van der Waals surface area contributed by atoms with Crippen molar-refractivity contribution in [3.8, 4) is 0 Å². The summed E-state index contributed by atoms with van der Waals surface area (Å²) in [6.07, 6.45) is 2.69. The Kier molecular flexibility index (Phi) is 13.0.